The Morgan fingerprint density at radius 2 is 1.85 bits per heavy atom. The largest absolute Gasteiger partial charge is 0.640 e. The number of hydrogen-bond acceptors (Lipinski definition) is 4. The number of ether oxygens (including phenoxy) is 1. The molecule has 10 heteroatoms. The summed E-state index contributed by atoms with van der Waals surface area (Å²) < 4.78 is 6.74. The molecule has 0 saturated heterocycles. The minimum atomic E-state index is -0.607. The van der Waals surface area contributed by atoms with Crippen LogP contribution in [0.4, 0.5) is 0 Å². The Bertz CT molecular complexity index is 1070. The Balaban J connectivity index is 0.00000341. The van der Waals surface area contributed by atoms with Crippen molar-refractivity contribution in [3.05, 3.63) is 82.9 Å². The Morgan fingerprint density at radius 1 is 1.21 bits per heavy atom. The molecule has 0 fully saturated rings. The van der Waals surface area contributed by atoms with Gasteiger partial charge in [-0.25, -0.2) is 0 Å². The van der Waals surface area contributed by atoms with Gasteiger partial charge in [-0.3, -0.25) is 9.59 Å². The molecule has 3 rings (SSSR count). The Morgan fingerprint density at radius 3 is 2.39 bits per heavy atom. The van der Waals surface area contributed by atoms with E-state index in [4.69, 9.17) is 16.3 Å². The molecule has 3 aromatic rings. The van der Waals surface area contributed by atoms with Crippen LogP contribution < -0.4 is 5.32 Å². The zero-order valence-electron chi connectivity index (χ0n) is 18.4. The van der Waals surface area contributed by atoms with Crippen LogP contribution in [0.1, 0.15) is 41.5 Å². The van der Waals surface area contributed by atoms with E-state index in [-0.39, 0.29) is 106 Å². The van der Waals surface area contributed by atoms with Gasteiger partial charge in [0.05, 0.1) is 18.3 Å². The number of aromatic nitrogens is 1. The van der Waals surface area contributed by atoms with Gasteiger partial charge in [-0.2, -0.15) is 67.4 Å². The number of aliphatic hydroxyl groups excluding tert-OH is 1. The maximum atomic E-state index is 12.8. The molecule has 1 amide bonds. The molecule has 1 unspecified atom stereocenters. The molecule has 0 radical (unpaired) electrons. The van der Waals surface area contributed by atoms with Crippen LogP contribution in [0.5, 0.6) is 0 Å². The predicted octanol–water partition coefficient (Wildman–Crippen LogP) is 3.76. The summed E-state index contributed by atoms with van der Waals surface area (Å²) in [5, 5.41) is 13.9. The van der Waals surface area contributed by atoms with E-state index < -0.39 is 12.0 Å². The number of esters is 1. The van der Waals surface area contributed by atoms with Crippen molar-refractivity contribution in [1.29, 1.82) is 0 Å². The van der Waals surface area contributed by atoms with E-state index in [9.17, 15) is 14.7 Å². The zero-order valence-corrected chi connectivity index (χ0v) is 31.6. The molecule has 33 heavy (non-hydrogen) atoms. The number of aryl methyl sites for hydroxylation is 1. The number of benzene rings is 2. The molecule has 2 N–H and O–H groups in total. The first-order chi connectivity index (χ1) is 14.3. The van der Waals surface area contributed by atoms with E-state index in [1.165, 1.54) is 6.42 Å². The quantitative estimate of drug-likeness (QED) is 0.280. The molecule has 0 bridgehead atoms. The summed E-state index contributed by atoms with van der Waals surface area (Å²) in [6.07, 6.45) is 1.93. The fourth-order valence-electron chi connectivity index (χ4n) is 3.13. The second-order valence-electron chi connectivity index (χ2n) is 7.04. The maximum Gasteiger partial charge on any atom is 0.267 e. The van der Waals surface area contributed by atoms with Crippen LogP contribution in [0.2, 0.25) is 5.02 Å². The summed E-state index contributed by atoms with van der Waals surface area (Å²) in [7, 11) is 1.77. The first-order valence-electron chi connectivity index (χ1n) is 9.33. The van der Waals surface area contributed by atoms with Gasteiger partial charge in [0.25, 0.3) is 5.91 Å². The molecule has 170 valence electrons. The summed E-state index contributed by atoms with van der Waals surface area (Å²) >= 11 is 6.20. The number of carbonyl (C=O) groups excluding carboxylic acids is 2. The SMILES string of the molecule is C[C-](C)OC(=O)[CH-]c1ccc(C(CO)NC(=O)c2cc3c(Cl)c[c-]cc3n2C)cc1.[U].[U].[U]. The van der Waals surface area contributed by atoms with Crippen molar-refractivity contribution in [2.75, 3.05) is 6.61 Å². The number of aliphatic hydroxyl groups is 1. The van der Waals surface area contributed by atoms with Crippen molar-refractivity contribution >= 4 is 34.4 Å². The van der Waals surface area contributed by atoms with Gasteiger partial charge in [0.2, 0.25) is 5.97 Å². The molecular weight excluding hydrogens is 1120 g/mol. The summed E-state index contributed by atoms with van der Waals surface area (Å²) in [6, 6.07) is 14.4. The Hall–Kier alpha value is 0.196. The maximum absolute atomic E-state index is 12.8. The smallest absolute Gasteiger partial charge is 0.267 e. The number of rotatable bonds is 7. The van der Waals surface area contributed by atoms with E-state index >= 15 is 0 Å². The fraction of sp³-hybridized carbons (Fsp3) is 0.217. The number of carbonyl (C=O) groups is 2. The summed E-state index contributed by atoms with van der Waals surface area (Å²) in [5.41, 5.74) is 2.58. The van der Waals surface area contributed by atoms with Crippen molar-refractivity contribution in [1.82, 2.24) is 9.88 Å². The average molecular weight is 1140 g/mol. The van der Waals surface area contributed by atoms with Gasteiger partial charge in [-0.15, -0.1) is 12.1 Å². The van der Waals surface area contributed by atoms with E-state index in [0.29, 0.717) is 27.9 Å². The van der Waals surface area contributed by atoms with Crippen molar-refractivity contribution in [2.24, 2.45) is 7.05 Å². The number of amides is 1. The molecule has 0 aliphatic carbocycles. The van der Waals surface area contributed by atoms with Crippen molar-refractivity contribution < 1.29 is 113 Å². The molecule has 6 nitrogen and oxygen atoms in total. The normalized spacial score (nSPS) is 11.0. The van der Waals surface area contributed by atoms with Gasteiger partial charge in [0.1, 0.15) is 0 Å². The third-order valence-electron chi connectivity index (χ3n) is 4.62. The van der Waals surface area contributed by atoms with Crippen LogP contribution in [-0.4, -0.2) is 28.2 Å². The topological polar surface area (TPSA) is 80.6 Å². The molecule has 0 spiro atoms. The Kier molecular flexibility index (Phi) is 15.4. The molecule has 1 aromatic heterocycles. The van der Waals surface area contributed by atoms with Gasteiger partial charge in [0.15, 0.2) is 0 Å². The standard InChI is InChI=1S/C23H22ClN2O4.3U/c1-14(2)30-22(28)11-15-7-9-16(10-8-15)19(13-27)25-23(29)21-12-17-18(24)5-4-6-20(17)26(21)3;;;/h5-12,19,27H,13H2,1-3H3,(H,25,29);;;/q-3;;;. The summed E-state index contributed by atoms with van der Waals surface area (Å²) in [4.78, 5) is 24.6. The van der Waals surface area contributed by atoms with Crippen molar-refractivity contribution in [2.45, 2.75) is 19.9 Å². The molecule has 0 aliphatic rings. The molecule has 0 saturated carbocycles. The number of nitrogens with one attached hydrogen (secondary N) is 1. The van der Waals surface area contributed by atoms with E-state index in [0.717, 1.165) is 10.9 Å². The van der Waals surface area contributed by atoms with Crippen molar-refractivity contribution in [3.8, 4) is 0 Å². The molecule has 2 aromatic carbocycles. The number of halogens is 1. The average Bonchev–Trinajstić information content (AvgIpc) is 3.04. The zero-order chi connectivity index (χ0) is 21.8. The van der Waals surface area contributed by atoms with Crippen LogP contribution in [0.25, 0.3) is 10.9 Å². The fourth-order valence-corrected chi connectivity index (χ4v) is 3.35. The number of nitrogens with zero attached hydrogens (tertiary/aromatic N) is 1. The minimum absolute atomic E-state index is 0. The van der Waals surface area contributed by atoms with Crippen LogP contribution >= 0.6 is 11.6 Å². The summed E-state index contributed by atoms with van der Waals surface area (Å²) in [6.45, 7) is 3.12. The van der Waals surface area contributed by atoms with Crippen LogP contribution in [-0.2, 0) is 16.6 Å². The summed E-state index contributed by atoms with van der Waals surface area (Å²) in [5.74, 6) is -0.793. The number of hydrogen-bond donors (Lipinski definition) is 2. The van der Waals surface area contributed by atoms with E-state index in [1.807, 2.05) is 0 Å². The van der Waals surface area contributed by atoms with Gasteiger partial charge in [-0.05, 0) is 18.7 Å². The first-order valence-corrected chi connectivity index (χ1v) is 9.71. The van der Waals surface area contributed by atoms with Gasteiger partial charge in [0, 0.05) is 93.3 Å². The Labute approximate surface area is 270 Å². The minimum Gasteiger partial charge on any atom is -0.640 e. The van der Waals surface area contributed by atoms with Crippen LogP contribution in [0, 0.1) is 112 Å². The number of fused-ring (bicyclic) bond motifs is 1. The molecule has 1 atom stereocenters. The van der Waals surface area contributed by atoms with Crippen LogP contribution in [0.3, 0.4) is 0 Å². The first kappa shape index (κ1) is 33.2. The third-order valence-corrected chi connectivity index (χ3v) is 4.93. The van der Waals surface area contributed by atoms with Gasteiger partial charge >= 0.3 is 0 Å². The molecule has 1 heterocycles. The van der Waals surface area contributed by atoms with Gasteiger partial charge in [-0.1, -0.05) is 22.3 Å². The second kappa shape index (κ2) is 15.3. The second-order valence-corrected chi connectivity index (χ2v) is 7.45. The molecule has 0 aliphatic heterocycles. The predicted molar refractivity (Wildman–Crippen MR) is 115 cm³/mol. The van der Waals surface area contributed by atoms with Crippen molar-refractivity contribution in [3.63, 3.8) is 0 Å². The molecular formula is C23H22ClN2O4U3-3. The van der Waals surface area contributed by atoms with Crippen LogP contribution in [0.15, 0.2) is 42.5 Å². The van der Waals surface area contributed by atoms with E-state index in [1.54, 1.807) is 67.9 Å². The third kappa shape index (κ3) is 8.67. The van der Waals surface area contributed by atoms with Gasteiger partial charge < -0.3 is 19.7 Å². The van der Waals surface area contributed by atoms with E-state index in [2.05, 4.69) is 11.4 Å². The monoisotopic (exact) mass is 1140 g/mol.